The van der Waals surface area contributed by atoms with E-state index in [4.69, 9.17) is 4.74 Å². The molecule has 0 N–H and O–H groups in total. The zero-order chi connectivity index (χ0) is 8.06. The van der Waals surface area contributed by atoms with Crippen molar-refractivity contribution in [1.29, 1.82) is 0 Å². The van der Waals surface area contributed by atoms with Crippen molar-refractivity contribution in [3.8, 4) is 0 Å². The summed E-state index contributed by atoms with van der Waals surface area (Å²) < 4.78 is 7.73. The summed E-state index contributed by atoms with van der Waals surface area (Å²) in [6, 6.07) is 0. The zero-order valence-corrected chi connectivity index (χ0v) is 7.34. The van der Waals surface area contributed by atoms with Crippen molar-refractivity contribution in [3.05, 3.63) is 0 Å². The topological polar surface area (TPSA) is 12.2 Å². The molecular formula is C9H16NO+. The van der Waals surface area contributed by atoms with Gasteiger partial charge < -0.3 is 4.74 Å². The van der Waals surface area contributed by atoms with Crippen LogP contribution in [0.15, 0.2) is 0 Å². The van der Waals surface area contributed by atoms with Crippen LogP contribution in [0.4, 0.5) is 0 Å². The Morgan fingerprint density at radius 3 is 2.82 bits per heavy atom. The predicted molar refractivity (Wildman–Crippen MR) is 43.9 cm³/mol. The molecule has 3 atom stereocenters. The number of rotatable bonds is 1. The molecule has 1 aliphatic carbocycles. The van der Waals surface area contributed by atoms with Gasteiger partial charge in [0.15, 0.2) is 0 Å². The molecule has 2 fully saturated rings. The van der Waals surface area contributed by atoms with Crippen LogP contribution in [0.2, 0.25) is 0 Å². The highest BCUT2D eigenvalue weighted by atomic mass is 16.6. The highest BCUT2D eigenvalue weighted by Crippen LogP contribution is 2.48. The monoisotopic (exact) mass is 154 g/mol. The third kappa shape index (κ3) is 0.791. The lowest BCUT2D eigenvalue weighted by molar-refractivity contribution is -0.679. The van der Waals surface area contributed by atoms with Crippen LogP contribution >= 0.6 is 0 Å². The Morgan fingerprint density at radius 1 is 1.55 bits per heavy atom. The molecule has 2 aliphatic rings. The Labute approximate surface area is 67.9 Å². The fourth-order valence-electron chi connectivity index (χ4n) is 2.37. The smallest absolute Gasteiger partial charge is 0.269 e. The number of hydrogen-bond acceptors (Lipinski definition) is 1. The molecule has 0 aromatic heterocycles. The molecule has 1 aliphatic heterocycles. The molecular weight excluding hydrogens is 138 g/mol. The Bertz CT molecular complexity index is 202. The highest BCUT2D eigenvalue weighted by molar-refractivity contribution is 5.16. The quantitative estimate of drug-likeness (QED) is 0.409. The van der Waals surface area contributed by atoms with Crippen molar-refractivity contribution in [2.75, 3.05) is 7.05 Å². The van der Waals surface area contributed by atoms with E-state index in [0.29, 0.717) is 6.10 Å². The van der Waals surface area contributed by atoms with Gasteiger partial charge in [0.05, 0.1) is 12.0 Å². The number of nitrogens with zero attached hydrogens (tertiary/aromatic N) is 1. The lowest BCUT2D eigenvalue weighted by atomic mass is 9.86. The Balaban J connectivity index is 2.14. The molecule has 1 saturated carbocycles. The summed E-state index contributed by atoms with van der Waals surface area (Å²) in [7, 11) is 1.99. The molecule has 3 unspecified atom stereocenters. The maximum absolute atomic E-state index is 5.78. The van der Waals surface area contributed by atoms with Crippen LogP contribution in [0.25, 0.3) is 0 Å². The van der Waals surface area contributed by atoms with E-state index >= 15 is 0 Å². The van der Waals surface area contributed by atoms with Crippen molar-refractivity contribution in [2.24, 2.45) is 5.92 Å². The van der Waals surface area contributed by atoms with Crippen molar-refractivity contribution < 1.29 is 9.31 Å². The highest BCUT2D eigenvalue weighted by Gasteiger charge is 2.60. The van der Waals surface area contributed by atoms with E-state index in [1.807, 2.05) is 11.6 Å². The maximum atomic E-state index is 5.78. The van der Waals surface area contributed by atoms with Gasteiger partial charge in [0, 0.05) is 6.92 Å². The molecule has 62 valence electrons. The second-order valence-electron chi connectivity index (χ2n) is 3.95. The van der Waals surface area contributed by atoms with E-state index in [1.54, 1.807) is 0 Å². The molecule has 0 aromatic carbocycles. The van der Waals surface area contributed by atoms with E-state index in [1.165, 1.54) is 19.3 Å². The van der Waals surface area contributed by atoms with Gasteiger partial charge >= 0.3 is 0 Å². The van der Waals surface area contributed by atoms with Gasteiger partial charge in [-0.15, -0.1) is 0 Å². The van der Waals surface area contributed by atoms with Gasteiger partial charge in [0.1, 0.15) is 13.8 Å². The SMILES string of the molecule is C=[N+](C)C1(C)OC2CCCC21. The first-order valence-corrected chi connectivity index (χ1v) is 4.37. The Morgan fingerprint density at radius 2 is 2.27 bits per heavy atom. The Kier molecular flexibility index (Phi) is 1.37. The number of hydrogen-bond donors (Lipinski definition) is 0. The third-order valence-electron chi connectivity index (χ3n) is 3.29. The summed E-state index contributed by atoms with van der Waals surface area (Å²) in [4.78, 5) is 0. The normalized spacial score (nSPS) is 48.2. The van der Waals surface area contributed by atoms with Crippen molar-refractivity contribution in [1.82, 2.24) is 0 Å². The van der Waals surface area contributed by atoms with Crippen LogP contribution < -0.4 is 0 Å². The van der Waals surface area contributed by atoms with Gasteiger partial charge in [-0.05, 0) is 12.8 Å². The minimum Gasteiger partial charge on any atom is -0.315 e. The van der Waals surface area contributed by atoms with E-state index in [-0.39, 0.29) is 5.72 Å². The number of ether oxygens (including phenoxy) is 1. The molecule has 11 heavy (non-hydrogen) atoms. The summed E-state index contributed by atoms with van der Waals surface area (Å²) in [5, 5.41) is 0. The van der Waals surface area contributed by atoms with Crippen LogP contribution in [0, 0.1) is 5.92 Å². The molecule has 0 radical (unpaired) electrons. The molecule has 2 heteroatoms. The van der Waals surface area contributed by atoms with Gasteiger partial charge in [0.2, 0.25) is 0 Å². The van der Waals surface area contributed by atoms with Crippen LogP contribution in [-0.4, -0.2) is 30.2 Å². The zero-order valence-electron chi connectivity index (χ0n) is 7.34. The van der Waals surface area contributed by atoms with E-state index in [0.717, 1.165) is 5.92 Å². The van der Waals surface area contributed by atoms with Gasteiger partial charge in [-0.2, -0.15) is 0 Å². The second kappa shape index (κ2) is 2.07. The van der Waals surface area contributed by atoms with E-state index in [2.05, 4.69) is 13.6 Å². The average molecular weight is 154 g/mol. The van der Waals surface area contributed by atoms with Crippen LogP contribution in [0.5, 0.6) is 0 Å². The summed E-state index contributed by atoms with van der Waals surface area (Å²) in [6.45, 7) is 6.05. The average Bonchev–Trinajstić information content (AvgIpc) is 2.29. The molecule has 1 heterocycles. The van der Waals surface area contributed by atoms with Crippen molar-refractivity contribution in [2.45, 2.75) is 38.0 Å². The predicted octanol–water partition coefficient (Wildman–Crippen LogP) is 1.24. The van der Waals surface area contributed by atoms with Gasteiger partial charge in [-0.25, -0.2) is 4.58 Å². The second-order valence-corrected chi connectivity index (χ2v) is 3.95. The molecule has 2 nitrogen and oxygen atoms in total. The fourth-order valence-corrected chi connectivity index (χ4v) is 2.37. The first-order chi connectivity index (χ1) is 5.14. The molecule has 0 aromatic rings. The van der Waals surface area contributed by atoms with Gasteiger partial charge in [-0.3, -0.25) is 0 Å². The first kappa shape index (κ1) is 7.29. The fraction of sp³-hybridized carbons (Fsp3) is 0.889. The standard InChI is InChI=1S/C9H16NO/c1-9(10(2)3)7-5-4-6-8(7)11-9/h7-8H,2,4-6H2,1,3H3/q+1. The van der Waals surface area contributed by atoms with Crippen molar-refractivity contribution >= 4 is 6.72 Å². The third-order valence-corrected chi connectivity index (χ3v) is 3.29. The molecule has 0 spiro atoms. The lowest BCUT2D eigenvalue weighted by Crippen LogP contribution is -2.61. The van der Waals surface area contributed by atoms with E-state index in [9.17, 15) is 0 Å². The molecule has 1 saturated heterocycles. The minimum absolute atomic E-state index is 0.0544. The van der Waals surface area contributed by atoms with Gasteiger partial charge in [-0.1, -0.05) is 6.42 Å². The maximum Gasteiger partial charge on any atom is 0.269 e. The van der Waals surface area contributed by atoms with Crippen molar-refractivity contribution in [3.63, 3.8) is 0 Å². The van der Waals surface area contributed by atoms with Crippen LogP contribution in [0.1, 0.15) is 26.2 Å². The molecule has 0 amide bonds. The van der Waals surface area contributed by atoms with Gasteiger partial charge in [0.25, 0.3) is 5.72 Å². The summed E-state index contributed by atoms with van der Waals surface area (Å²) in [5.41, 5.74) is -0.0544. The molecule has 2 rings (SSSR count). The summed E-state index contributed by atoms with van der Waals surface area (Å²) >= 11 is 0. The molecule has 0 bridgehead atoms. The number of fused-ring (bicyclic) bond motifs is 1. The minimum atomic E-state index is -0.0544. The lowest BCUT2D eigenvalue weighted by Gasteiger charge is -2.45. The van der Waals surface area contributed by atoms with Crippen LogP contribution in [0.3, 0.4) is 0 Å². The summed E-state index contributed by atoms with van der Waals surface area (Å²) in [5.74, 6) is 0.741. The first-order valence-electron chi connectivity index (χ1n) is 4.37. The van der Waals surface area contributed by atoms with Crippen LogP contribution in [-0.2, 0) is 4.74 Å². The Hall–Kier alpha value is -0.370. The van der Waals surface area contributed by atoms with E-state index < -0.39 is 0 Å². The largest absolute Gasteiger partial charge is 0.315 e. The summed E-state index contributed by atoms with van der Waals surface area (Å²) in [6.07, 6.45) is 4.46.